The molecule has 2 nitrogen and oxygen atoms in total. The van der Waals surface area contributed by atoms with Gasteiger partial charge in [-0.3, -0.25) is 0 Å². The first-order valence-corrected chi connectivity index (χ1v) is 9.61. The van der Waals surface area contributed by atoms with Gasteiger partial charge < -0.3 is 10.1 Å². The van der Waals surface area contributed by atoms with Crippen LogP contribution in [0.2, 0.25) is 0 Å². The average Bonchev–Trinajstić information content (AvgIpc) is 3.19. The first-order valence-electron chi connectivity index (χ1n) is 7.85. The van der Waals surface area contributed by atoms with Gasteiger partial charge in [0.25, 0.3) is 0 Å². The zero-order chi connectivity index (χ0) is 14.3. The Balaban J connectivity index is 1.34. The lowest BCUT2D eigenvalue weighted by Gasteiger charge is -2.21. The molecule has 0 spiro atoms. The fraction of sp³-hybridized carbons (Fsp3) is 0.529. The molecule has 0 aliphatic heterocycles. The van der Waals surface area contributed by atoms with Crippen LogP contribution in [-0.4, -0.2) is 19.3 Å². The second kappa shape index (κ2) is 8.08. The van der Waals surface area contributed by atoms with Gasteiger partial charge in [-0.1, -0.05) is 25.3 Å². The maximum absolute atomic E-state index is 5.93. The molecule has 0 atom stereocenters. The van der Waals surface area contributed by atoms with Gasteiger partial charge in [0.1, 0.15) is 0 Å². The second-order valence-corrected chi connectivity index (χ2v) is 7.53. The van der Waals surface area contributed by atoms with E-state index in [1.54, 1.807) is 11.3 Å². The van der Waals surface area contributed by atoms with Gasteiger partial charge in [-0.2, -0.15) is 0 Å². The Hall–Kier alpha value is -0.680. The third kappa shape index (κ3) is 4.65. The highest BCUT2D eigenvalue weighted by molar-refractivity contribution is 7.14. The molecule has 1 N–H and O–H groups in total. The lowest BCUT2D eigenvalue weighted by molar-refractivity contribution is 0.0302. The van der Waals surface area contributed by atoms with E-state index in [2.05, 4.69) is 34.3 Å². The van der Waals surface area contributed by atoms with Gasteiger partial charge in [-0.05, 0) is 35.7 Å². The summed E-state index contributed by atoms with van der Waals surface area (Å²) < 4.78 is 5.93. The van der Waals surface area contributed by atoms with Gasteiger partial charge in [0, 0.05) is 28.4 Å². The molecular weight excluding hydrogens is 298 g/mol. The van der Waals surface area contributed by atoms with Crippen molar-refractivity contribution < 1.29 is 4.74 Å². The van der Waals surface area contributed by atoms with E-state index in [4.69, 9.17) is 4.74 Å². The molecule has 2 aromatic rings. The standard InChI is InChI=1S/C17H23NOS2/c1-2-5-15(6-3-1)19-9-8-18-12-16-11-14(13-21-16)17-7-4-10-20-17/h4,7,10-11,13,15,18H,1-3,5-6,8-9,12H2. The van der Waals surface area contributed by atoms with E-state index in [1.807, 2.05) is 11.3 Å². The van der Waals surface area contributed by atoms with E-state index < -0.39 is 0 Å². The molecule has 0 unspecified atom stereocenters. The molecular formula is C17H23NOS2. The van der Waals surface area contributed by atoms with Gasteiger partial charge in [0.05, 0.1) is 12.7 Å². The Kier molecular flexibility index (Phi) is 5.86. The smallest absolute Gasteiger partial charge is 0.0594 e. The zero-order valence-electron chi connectivity index (χ0n) is 12.3. The summed E-state index contributed by atoms with van der Waals surface area (Å²) in [5.41, 5.74) is 1.35. The summed E-state index contributed by atoms with van der Waals surface area (Å²) in [6.45, 7) is 2.74. The van der Waals surface area contributed by atoms with E-state index in [0.717, 1.165) is 19.7 Å². The highest BCUT2D eigenvalue weighted by Crippen LogP contribution is 2.29. The van der Waals surface area contributed by atoms with E-state index in [-0.39, 0.29) is 0 Å². The van der Waals surface area contributed by atoms with Crippen molar-refractivity contribution in [3.63, 3.8) is 0 Å². The molecule has 21 heavy (non-hydrogen) atoms. The lowest BCUT2D eigenvalue weighted by atomic mass is 9.98. The molecule has 114 valence electrons. The third-order valence-electron chi connectivity index (χ3n) is 3.94. The van der Waals surface area contributed by atoms with Crippen LogP contribution in [0.15, 0.2) is 29.0 Å². The highest BCUT2D eigenvalue weighted by Gasteiger charge is 2.12. The minimum Gasteiger partial charge on any atom is -0.377 e. The Bertz CT molecular complexity index is 515. The molecule has 0 saturated heterocycles. The van der Waals surface area contributed by atoms with Crippen LogP contribution in [0.25, 0.3) is 10.4 Å². The molecule has 1 aliphatic carbocycles. The Labute approximate surface area is 135 Å². The van der Waals surface area contributed by atoms with E-state index in [0.29, 0.717) is 6.10 Å². The Morgan fingerprint density at radius 2 is 2.10 bits per heavy atom. The van der Waals surface area contributed by atoms with Crippen molar-refractivity contribution in [3.05, 3.63) is 33.8 Å². The fourth-order valence-electron chi connectivity index (χ4n) is 2.79. The van der Waals surface area contributed by atoms with Crippen molar-refractivity contribution >= 4 is 22.7 Å². The van der Waals surface area contributed by atoms with Crippen LogP contribution in [0.5, 0.6) is 0 Å². The van der Waals surface area contributed by atoms with Gasteiger partial charge in [0.15, 0.2) is 0 Å². The molecule has 4 heteroatoms. The van der Waals surface area contributed by atoms with E-state index in [1.165, 1.54) is 47.4 Å². The van der Waals surface area contributed by atoms with Gasteiger partial charge >= 0.3 is 0 Å². The van der Waals surface area contributed by atoms with E-state index in [9.17, 15) is 0 Å². The summed E-state index contributed by atoms with van der Waals surface area (Å²) >= 11 is 3.64. The summed E-state index contributed by atoms with van der Waals surface area (Å²) in [7, 11) is 0. The minimum atomic E-state index is 0.521. The van der Waals surface area contributed by atoms with Crippen molar-refractivity contribution in [3.8, 4) is 10.4 Å². The van der Waals surface area contributed by atoms with Crippen molar-refractivity contribution in [2.75, 3.05) is 13.2 Å². The molecule has 3 rings (SSSR count). The second-order valence-electron chi connectivity index (χ2n) is 5.59. The van der Waals surface area contributed by atoms with Crippen LogP contribution in [0.4, 0.5) is 0 Å². The van der Waals surface area contributed by atoms with Crippen LogP contribution in [-0.2, 0) is 11.3 Å². The molecule has 1 saturated carbocycles. The van der Waals surface area contributed by atoms with Gasteiger partial charge in [-0.15, -0.1) is 22.7 Å². The molecule has 0 radical (unpaired) electrons. The van der Waals surface area contributed by atoms with E-state index >= 15 is 0 Å². The summed E-state index contributed by atoms with van der Waals surface area (Å²) in [6.07, 6.45) is 7.12. The largest absolute Gasteiger partial charge is 0.377 e. The summed E-state index contributed by atoms with van der Waals surface area (Å²) in [6, 6.07) is 6.59. The van der Waals surface area contributed by atoms with Crippen LogP contribution in [0.3, 0.4) is 0 Å². The summed E-state index contributed by atoms with van der Waals surface area (Å²) in [5.74, 6) is 0. The zero-order valence-corrected chi connectivity index (χ0v) is 14.0. The molecule has 1 fully saturated rings. The predicted octanol–water partition coefficient (Wildman–Crippen LogP) is 4.92. The monoisotopic (exact) mass is 321 g/mol. The van der Waals surface area contributed by atoms with Crippen molar-refractivity contribution in [2.24, 2.45) is 0 Å². The van der Waals surface area contributed by atoms with Crippen LogP contribution < -0.4 is 5.32 Å². The first kappa shape index (κ1) is 15.2. The molecule has 0 bridgehead atoms. The molecule has 0 amide bonds. The fourth-order valence-corrected chi connectivity index (χ4v) is 4.43. The SMILES string of the molecule is c1csc(-c2csc(CNCCOC3CCCCC3)c2)c1. The molecule has 0 aromatic carbocycles. The van der Waals surface area contributed by atoms with Crippen molar-refractivity contribution in [1.29, 1.82) is 0 Å². The predicted molar refractivity (Wildman–Crippen MR) is 92.2 cm³/mol. The number of nitrogens with one attached hydrogen (secondary N) is 1. The van der Waals surface area contributed by atoms with Crippen LogP contribution in [0.1, 0.15) is 37.0 Å². The molecule has 2 heterocycles. The minimum absolute atomic E-state index is 0.521. The maximum atomic E-state index is 5.93. The van der Waals surface area contributed by atoms with Crippen molar-refractivity contribution in [1.82, 2.24) is 5.32 Å². The van der Waals surface area contributed by atoms with Crippen molar-refractivity contribution in [2.45, 2.75) is 44.8 Å². The summed E-state index contributed by atoms with van der Waals surface area (Å²) in [5, 5.41) is 7.87. The number of thiophene rings is 2. The van der Waals surface area contributed by atoms with Gasteiger partial charge in [0.2, 0.25) is 0 Å². The normalized spacial score (nSPS) is 16.4. The topological polar surface area (TPSA) is 21.3 Å². The number of hydrogen-bond acceptors (Lipinski definition) is 4. The Morgan fingerprint density at radius 1 is 1.19 bits per heavy atom. The quantitative estimate of drug-likeness (QED) is 0.731. The molecule has 1 aliphatic rings. The number of ether oxygens (including phenoxy) is 1. The molecule has 2 aromatic heterocycles. The highest BCUT2D eigenvalue weighted by atomic mass is 32.1. The van der Waals surface area contributed by atoms with Crippen LogP contribution in [0, 0.1) is 0 Å². The maximum Gasteiger partial charge on any atom is 0.0594 e. The number of hydrogen-bond donors (Lipinski definition) is 1. The third-order valence-corrected chi connectivity index (χ3v) is 5.80. The number of rotatable bonds is 7. The van der Waals surface area contributed by atoms with Gasteiger partial charge in [-0.25, -0.2) is 0 Å². The first-order chi connectivity index (χ1) is 10.4. The summed E-state index contributed by atoms with van der Waals surface area (Å²) in [4.78, 5) is 2.76. The average molecular weight is 322 g/mol. The lowest BCUT2D eigenvalue weighted by Crippen LogP contribution is -2.24. The Morgan fingerprint density at radius 3 is 2.90 bits per heavy atom. The van der Waals surface area contributed by atoms with Crippen LogP contribution >= 0.6 is 22.7 Å².